The van der Waals surface area contributed by atoms with Crippen molar-refractivity contribution < 1.29 is 4.74 Å². The van der Waals surface area contributed by atoms with Crippen molar-refractivity contribution in [2.75, 3.05) is 31.8 Å². The minimum atomic E-state index is 0.493. The van der Waals surface area contributed by atoms with E-state index in [1.165, 1.54) is 17.9 Å². The molecular formula is C10H22N2OS. The van der Waals surface area contributed by atoms with Crippen molar-refractivity contribution in [1.82, 2.24) is 5.32 Å². The molecule has 1 aliphatic heterocycles. The lowest BCUT2D eigenvalue weighted by atomic mass is 10.1. The predicted molar refractivity (Wildman–Crippen MR) is 62.8 cm³/mol. The van der Waals surface area contributed by atoms with Gasteiger partial charge in [-0.25, -0.2) is 0 Å². The SMILES string of the molecule is COCC(CCCN)NC1CCSC1. The summed E-state index contributed by atoms with van der Waals surface area (Å²) in [6.07, 6.45) is 3.51. The van der Waals surface area contributed by atoms with Crippen molar-refractivity contribution in [3.8, 4) is 0 Å². The monoisotopic (exact) mass is 218 g/mol. The molecule has 0 amide bonds. The summed E-state index contributed by atoms with van der Waals surface area (Å²) in [7, 11) is 1.76. The minimum absolute atomic E-state index is 0.493. The molecule has 1 aliphatic rings. The first-order valence-corrected chi connectivity index (χ1v) is 6.55. The van der Waals surface area contributed by atoms with E-state index in [0.29, 0.717) is 12.1 Å². The number of nitrogens with two attached hydrogens (primary N) is 1. The summed E-state index contributed by atoms with van der Waals surface area (Å²) >= 11 is 2.04. The largest absolute Gasteiger partial charge is 0.383 e. The van der Waals surface area contributed by atoms with Gasteiger partial charge in [-0.1, -0.05) is 0 Å². The Labute approximate surface area is 91.1 Å². The fourth-order valence-corrected chi connectivity index (χ4v) is 2.94. The Kier molecular flexibility index (Phi) is 6.60. The predicted octanol–water partition coefficient (Wildman–Crippen LogP) is 0.835. The highest BCUT2D eigenvalue weighted by Gasteiger charge is 2.18. The van der Waals surface area contributed by atoms with Gasteiger partial charge in [0.25, 0.3) is 0 Å². The molecule has 1 heterocycles. The lowest BCUT2D eigenvalue weighted by molar-refractivity contribution is 0.157. The Bertz CT molecular complexity index is 140. The van der Waals surface area contributed by atoms with Gasteiger partial charge in [-0.15, -0.1) is 0 Å². The first-order valence-electron chi connectivity index (χ1n) is 5.39. The second kappa shape index (κ2) is 7.51. The third-order valence-corrected chi connectivity index (χ3v) is 3.69. The van der Waals surface area contributed by atoms with E-state index >= 15 is 0 Å². The molecule has 0 aromatic heterocycles. The molecule has 1 rings (SSSR count). The van der Waals surface area contributed by atoms with E-state index in [1.807, 2.05) is 11.8 Å². The topological polar surface area (TPSA) is 47.3 Å². The van der Waals surface area contributed by atoms with Gasteiger partial charge in [0.1, 0.15) is 0 Å². The van der Waals surface area contributed by atoms with Crippen molar-refractivity contribution >= 4 is 11.8 Å². The van der Waals surface area contributed by atoms with E-state index in [0.717, 1.165) is 26.0 Å². The van der Waals surface area contributed by atoms with Crippen molar-refractivity contribution in [2.45, 2.75) is 31.3 Å². The summed E-state index contributed by atoms with van der Waals surface area (Å²) in [5.74, 6) is 2.55. The Morgan fingerprint density at radius 2 is 2.50 bits per heavy atom. The molecule has 1 saturated heterocycles. The van der Waals surface area contributed by atoms with E-state index in [-0.39, 0.29) is 0 Å². The van der Waals surface area contributed by atoms with Crippen molar-refractivity contribution in [3.63, 3.8) is 0 Å². The normalized spacial score (nSPS) is 24.0. The van der Waals surface area contributed by atoms with Crippen LogP contribution in [0.2, 0.25) is 0 Å². The molecule has 4 heteroatoms. The van der Waals surface area contributed by atoms with Crippen LogP contribution in [-0.4, -0.2) is 43.9 Å². The number of thioether (sulfide) groups is 1. The fraction of sp³-hybridized carbons (Fsp3) is 1.00. The Morgan fingerprint density at radius 3 is 3.07 bits per heavy atom. The molecule has 2 unspecified atom stereocenters. The van der Waals surface area contributed by atoms with Crippen molar-refractivity contribution in [3.05, 3.63) is 0 Å². The molecule has 0 radical (unpaired) electrons. The van der Waals surface area contributed by atoms with Crippen molar-refractivity contribution in [2.24, 2.45) is 5.73 Å². The number of hydrogen-bond acceptors (Lipinski definition) is 4. The van der Waals surface area contributed by atoms with E-state index < -0.39 is 0 Å². The van der Waals surface area contributed by atoms with Gasteiger partial charge >= 0.3 is 0 Å². The molecule has 3 nitrogen and oxygen atoms in total. The number of hydrogen-bond donors (Lipinski definition) is 2. The third kappa shape index (κ3) is 4.64. The molecule has 0 bridgehead atoms. The first-order chi connectivity index (χ1) is 6.86. The zero-order chi connectivity index (χ0) is 10.2. The van der Waals surface area contributed by atoms with Gasteiger partial charge in [-0.3, -0.25) is 0 Å². The van der Waals surface area contributed by atoms with Gasteiger partial charge in [0, 0.05) is 24.9 Å². The van der Waals surface area contributed by atoms with Gasteiger partial charge in [0.05, 0.1) is 6.61 Å². The van der Waals surface area contributed by atoms with Crippen LogP contribution in [0.25, 0.3) is 0 Å². The van der Waals surface area contributed by atoms with Gasteiger partial charge in [0.2, 0.25) is 0 Å². The maximum atomic E-state index is 5.51. The third-order valence-electron chi connectivity index (χ3n) is 2.53. The van der Waals surface area contributed by atoms with Crippen LogP contribution >= 0.6 is 11.8 Å². The minimum Gasteiger partial charge on any atom is -0.383 e. The summed E-state index contributed by atoms with van der Waals surface area (Å²) in [6, 6.07) is 1.19. The standard InChI is InChI=1S/C10H22N2OS/c1-13-7-9(3-2-5-11)12-10-4-6-14-8-10/h9-10,12H,2-8,11H2,1H3. The van der Waals surface area contributed by atoms with Crippen LogP contribution < -0.4 is 11.1 Å². The van der Waals surface area contributed by atoms with E-state index in [2.05, 4.69) is 5.32 Å². The lowest BCUT2D eigenvalue weighted by Crippen LogP contribution is -2.41. The summed E-state index contributed by atoms with van der Waals surface area (Å²) in [6.45, 7) is 1.59. The number of rotatable bonds is 7. The molecule has 3 N–H and O–H groups in total. The van der Waals surface area contributed by atoms with Crippen LogP contribution in [0.15, 0.2) is 0 Å². The highest BCUT2D eigenvalue weighted by molar-refractivity contribution is 7.99. The van der Waals surface area contributed by atoms with E-state index in [4.69, 9.17) is 10.5 Å². The average molecular weight is 218 g/mol. The zero-order valence-corrected chi connectivity index (χ0v) is 9.81. The van der Waals surface area contributed by atoms with Gasteiger partial charge in [-0.2, -0.15) is 11.8 Å². The van der Waals surface area contributed by atoms with E-state index in [9.17, 15) is 0 Å². The molecule has 2 atom stereocenters. The second-order valence-corrected chi connectivity index (χ2v) is 4.96. The molecule has 0 saturated carbocycles. The molecule has 1 fully saturated rings. The fourth-order valence-electron chi connectivity index (χ4n) is 1.78. The molecule has 0 spiro atoms. The molecule has 0 aromatic rings. The Hall–Kier alpha value is 0.230. The van der Waals surface area contributed by atoms with Gasteiger partial charge in [-0.05, 0) is 31.6 Å². The number of ether oxygens (including phenoxy) is 1. The van der Waals surface area contributed by atoms with Crippen molar-refractivity contribution in [1.29, 1.82) is 0 Å². The first kappa shape index (κ1) is 12.3. The Morgan fingerprint density at radius 1 is 1.64 bits per heavy atom. The van der Waals surface area contributed by atoms with Crippen LogP contribution in [0.5, 0.6) is 0 Å². The van der Waals surface area contributed by atoms with Gasteiger partial charge in [0.15, 0.2) is 0 Å². The van der Waals surface area contributed by atoms with Crippen LogP contribution in [-0.2, 0) is 4.74 Å². The molecule has 0 aromatic carbocycles. The summed E-state index contributed by atoms with van der Waals surface area (Å²) in [5, 5.41) is 3.65. The van der Waals surface area contributed by atoms with Gasteiger partial charge < -0.3 is 15.8 Å². The highest BCUT2D eigenvalue weighted by Crippen LogP contribution is 2.18. The molecule has 84 valence electrons. The van der Waals surface area contributed by atoms with Crippen LogP contribution in [0.1, 0.15) is 19.3 Å². The summed E-state index contributed by atoms with van der Waals surface area (Å²) in [5.41, 5.74) is 5.51. The quantitative estimate of drug-likeness (QED) is 0.665. The zero-order valence-electron chi connectivity index (χ0n) is 9.00. The molecule has 0 aliphatic carbocycles. The lowest BCUT2D eigenvalue weighted by Gasteiger charge is -2.21. The average Bonchev–Trinajstić information content (AvgIpc) is 2.67. The highest BCUT2D eigenvalue weighted by atomic mass is 32.2. The maximum absolute atomic E-state index is 5.51. The number of methoxy groups -OCH3 is 1. The van der Waals surface area contributed by atoms with Crippen LogP contribution in [0.3, 0.4) is 0 Å². The van der Waals surface area contributed by atoms with Crippen LogP contribution in [0.4, 0.5) is 0 Å². The molecular weight excluding hydrogens is 196 g/mol. The van der Waals surface area contributed by atoms with E-state index in [1.54, 1.807) is 7.11 Å². The smallest absolute Gasteiger partial charge is 0.0615 e. The number of nitrogens with one attached hydrogen (secondary N) is 1. The van der Waals surface area contributed by atoms with Crippen LogP contribution in [0, 0.1) is 0 Å². The maximum Gasteiger partial charge on any atom is 0.0615 e. The molecule has 14 heavy (non-hydrogen) atoms. The second-order valence-electron chi connectivity index (χ2n) is 3.81. The summed E-state index contributed by atoms with van der Waals surface area (Å²) in [4.78, 5) is 0. The Balaban J connectivity index is 2.18. The summed E-state index contributed by atoms with van der Waals surface area (Å²) < 4.78 is 5.20.